The van der Waals surface area contributed by atoms with E-state index in [-0.39, 0.29) is 41.1 Å². The van der Waals surface area contributed by atoms with Crippen molar-refractivity contribution in [1.82, 2.24) is 5.32 Å². The number of nitrogens with zero attached hydrogens (tertiary/aromatic N) is 3. The summed E-state index contributed by atoms with van der Waals surface area (Å²) in [4.78, 5) is 53.5. The van der Waals surface area contributed by atoms with Crippen molar-refractivity contribution < 1.29 is 39.5 Å². The van der Waals surface area contributed by atoms with Gasteiger partial charge in [-0.1, -0.05) is 19.6 Å². The van der Waals surface area contributed by atoms with E-state index in [1.807, 2.05) is 13.8 Å². The number of ether oxygens (including phenoxy) is 1. The number of hydrogen-bond donors (Lipinski definition) is 5. The molecule has 1 saturated carbocycles. The largest absolute Gasteiger partial charge is 0.515 e. The van der Waals surface area contributed by atoms with Crippen LogP contribution < -0.4 is 5.32 Å². The van der Waals surface area contributed by atoms with Crippen molar-refractivity contribution in [3.63, 3.8) is 0 Å². The summed E-state index contributed by atoms with van der Waals surface area (Å²) in [6.07, 6.45) is 7.66. The van der Waals surface area contributed by atoms with Crippen molar-refractivity contribution in [2.24, 2.45) is 20.9 Å². The molecule has 242 valence electrons. The summed E-state index contributed by atoms with van der Waals surface area (Å²) in [6, 6.07) is 0. The zero-order chi connectivity index (χ0) is 34.2. The number of aliphatic hydroxyl groups is 3. The quantitative estimate of drug-likeness (QED) is 0.165. The first-order valence-corrected chi connectivity index (χ1v) is 15.1. The topological polar surface area (TPSA) is 190 Å². The number of fused-ring (bicyclic) bond motifs is 5. The number of nitrogens with one attached hydrogen (secondary N) is 1. The van der Waals surface area contributed by atoms with Crippen LogP contribution in [0.5, 0.6) is 0 Å². The Morgan fingerprint density at radius 3 is 2.43 bits per heavy atom. The SMILES string of the molecule is C=CC1=C(C)C2=NC1=CC1=NC(=C(CC)/C1=C/O)C=C1N=C3C(=C1C)C(=O)[C@@](O)(C(=O)OC)C3=C1NC(=C2)[C@](C)(O)[C@H]1CCC(=O)O. The number of Topliss-reactive ketones (excluding diaryl/α,β-unsaturated/α-hetero) is 1. The normalized spacial score (nSPS) is 28.8. The predicted octanol–water partition coefficient (Wildman–Crippen LogP) is 3.52. The summed E-state index contributed by atoms with van der Waals surface area (Å²) in [6.45, 7) is 10.8. The fourth-order valence-corrected chi connectivity index (χ4v) is 7.04. The van der Waals surface area contributed by atoms with Crippen LogP contribution in [0.2, 0.25) is 0 Å². The van der Waals surface area contributed by atoms with Gasteiger partial charge in [0.25, 0.3) is 5.60 Å². The second-order valence-electron chi connectivity index (χ2n) is 12.2. The highest BCUT2D eigenvalue weighted by Crippen LogP contribution is 2.50. The molecule has 5 N–H and O–H groups in total. The fraction of sp³-hybridized carbons (Fsp3) is 0.314. The number of aliphatic hydroxyl groups excluding tert-OH is 1. The number of rotatable bonds is 6. The van der Waals surface area contributed by atoms with Crippen molar-refractivity contribution in [2.75, 3.05) is 7.11 Å². The van der Waals surface area contributed by atoms with Crippen LogP contribution in [-0.2, 0) is 19.1 Å². The second-order valence-corrected chi connectivity index (χ2v) is 12.2. The van der Waals surface area contributed by atoms with Crippen LogP contribution in [0.1, 0.15) is 47.0 Å². The van der Waals surface area contributed by atoms with E-state index in [0.717, 1.165) is 24.5 Å². The monoisotopic (exact) mass is 638 g/mol. The third kappa shape index (κ3) is 4.43. The number of ketones is 1. The Morgan fingerprint density at radius 2 is 1.81 bits per heavy atom. The first-order chi connectivity index (χ1) is 22.2. The molecule has 0 aromatic rings. The van der Waals surface area contributed by atoms with Gasteiger partial charge in [-0.25, -0.2) is 19.8 Å². The minimum atomic E-state index is -2.83. The zero-order valence-electron chi connectivity index (χ0n) is 26.6. The van der Waals surface area contributed by atoms with Gasteiger partial charge in [0, 0.05) is 40.5 Å². The lowest BCUT2D eigenvalue weighted by molar-refractivity contribution is -0.161. The number of hydrogen-bond acceptors (Lipinski definition) is 11. The second kappa shape index (κ2) is 11.0. The van der Waals surface area contributed by atoms with E-state index >= 15 is 0 Å². The summed E-state index contributed by atoms with van der Waals surface area (Å²) in [5, 5.41) is 47.1. The van der Waals surface area contributed by atoms with Crippen molar-refractivity contribution in [1.29, 1.82) is 0 Å². The summed E-state index contributed by atoms with van der Waals surface area (Å²) in [5.74, 6) is -4.35. The minimum Gasteiger partial charge on any atom is -0.515 e. The molecule has 0 unspecified atom stereocenters. The Kier molecular flexibility index (Phi) is 7.41. The molecule has 5 heterocycles. The number of methoxy groups -OCH3 is 1. The van der Waals surface area contributed by atoms with Crippen LogP contribution in [-0.4, -0.2) is 73.6 Å². The van der Waals surface area contributed by atoms with E-state index < -0.39 is 34.8 Å². The van der Waals surface area contributed by atoms with Crippen LogP contribution in [0, 0.1) is 5.92 Å². The van der Waals surface area contributed by atoms with Gasteiger partial charge in [0.2, 0.25) is 5.78 Å². The molecular formula is C35H34N4O8. The molecular weight excluding hydrogens is 604 g/mol. The van der Waals surface area contributed by atoms with Crippen LogP contribution in [0.15, 0.2) is 120 Å². The molecule has 12 heteroatoms. The predicted molar refractivity (Wildman–Crippen MR) is 173 cm³/mol. The Morgan fingerprint density at radius 1 is 1.09 bits per heavy atom. The number of aliphatic carboxylic acids is 1. The summed E-state index contributed by atoms with van der Waals surface area (Å²) in [7, 11) is 1.04. The highest BCUT2D eigenvalue weighted by Gasteiger charge is 2.63. The van der Waals surface area contributed by atoms with Crippen molar-refractivity contribution in [2.45, 2.75) is 58.2 Å². The molecule has 6 aliphatic rings. The van der Waals surface area contributed by atoms with Gasteiger partial charge in [-0.15, -0.1) is 0 Å². The van der Waals surface area contributed by atoms with Crippen molar-refractivity contribution in [3.8, 4) is 0 Å². The molecule has 0 spiro atoms. The maximum atomic E-state index is 14.1. The molecule has 5 aliphatic heterocycles. The Bertz CT molecular complexity index is 1970. The standard InChI is InChI=1S/C35H34N4O8/c1-7-17-15(3)22-13-26-34(5,45)20(9-10-27(41)42)30(39-26)29-31-28(32(43)35(29,46)33(44)47-6)16(4)21(38-31)11-24-18(8-2)19(14-40)25(37-24)12-23(17)36-22/h7,11-14,20,39-40,45-46H,1,8-10H2,2-6H3,(H,41,42)/b19-14-,21-11?,23-12?,26-13?,30-29?/t20-,34+,35+/m0/s1. The molecule has 2 fully saturated rings. The van der Waals surface area contributed by atoms with Crippen LogP contribution in [0.25, 0.3) is 0 Å². The minimum absolute atomic E-state index is 0.00259. The van der Waals surface area contributed by atoms with Gasteiger partial charge < -0.3 is 30.5 Å². The molecule has 12 nitrogen and oxygen atoms in total. The Balaban J connectivity index is 1.74. The van der Waals surface area contributed by atoms with E-state index in [4.69, 9.17) is 19.7 Å². The first-order valence-electron chi connectivity index (χ1n) is 15.1. The zero-order valence-corrected chi connectivity index (χ0v) is 26.6. The number of carbonyl (C=O) groups is 3. The van der Waals surface area contributed by atoms with Gasteiger partial charge in [0.05, 0.1) is 53.2 Å². The lowest BCUT2D eigenvalue weighted by Gasteiger charge is -2.27. The average Bonchev–Trinajstić information content (AvgIpc) is 3.74. The van der Waals surface area contributed by atoms with E-state index in [9.17, 15) is 34.8 Å². The van der Waals surface area contributed by atoms with Crippen molar-refractivity contribution >= 4 is 34.9 Å². The molecule has 3 atom stereocenters. The highest BCUT2D eigenvalue weighted by molar-refractivity contribution is 6.46. The van der Waals surface area contributed by atoms with E-state index in [2.05, 4.69) is 11.9 Å². The van der Waals surface area contributed by atoms with Gasteiger partial charge >= 0.3 is 11.9 Å². The van der Waals surface area contributed by atoms with E-state index in [1.165, 1.54) is 6.92 Å². The van der Waals surface area contributed by atoms with Crippen LogP contribution in [0.3, 0.4) is 0 Å². The molecule has 0 aromatic carbocycles. The molecule has 8 bridgehead atoms. The van der Waals surface area contributed by atoms with Gasteiger partial charge in [-0.2, -0.15) is 0 Å². The number of carboxylic acids is 1. The maximum Gasteiger partial charge on any atom is 0.351 e. The fourth-order valence-electron chi connectivity index (χ4n) is 7.04. The molecule has 47 heavy (non-hydrogen) atoms. The van der Waals surface area contributed by atoms with Gasteiger partial charge in [0.15, 0.2) is 0 Å². The van der Waals surface area contributed by atoms with Gasteiger partial charge in [-0.05, 0) is 68.6 Å². The molecule has 0 amide bonds. The van der Waals surface area contributed by atoms with E-state index in [1.54, 1.807) is 31.2 Å². The third-order valence-electron chi connectivity index (χ3n) is 9.59. The number of carbonyl (C=O) groups excluding carboxylic acids is 2. The number of allylic oxidation sites excluding steroid dienone is 8. The van der Waals surface area contributed by atoms with Crippen LogP contribution >= 0.6 is 0 Å². The number of aliphatic imine (C=N–C) groups is 3. The van der Waals surface area contributed by atoms with E-state index in [0.29, 0.717) is 51.7 Å². The van der Waals surface area contributed by atoms with Gasteiger partial charge in [0.1, 0.15) is 5.60 Å². The summed E-state index contributed by atoms with van der Waals surface area (Å²) < 4.78 is 4.93. The Labute approximate surface area is 270 Å². The lowest BCUT2D eigenvalue weighted by atomic mass is 9.81. The summed E-state index contributed by atoms with van der Waals surface area (Å²) in [5.41, 5.74) is 0.647. The smallest absolute Gasteiger partial charge is 0.351 e. The number of esters is 1. The highest BCUT2D eigenvalue weighted by atomic mass is 16.5. The average molecular weight is 639 g/mol. The van der Waals surface area contributed by atoms with Crippen LogP contribution in [0.4, 0.5) is 0 Å². The molecule has 1 saturated heterocycles. The molecule has 1 aliphatic carbocycles. The molecule has 6 rings (SSSR count). The number of carboxylic acid groups (broad SMARTS) is 1. The lowest BCUT2D eigenvalue weighted by Crippen LogP contribution is -2.47. The Hall–Kier alpha value is -5.20. The molecule has 0 radical (unpaired) electrons. The first kappa shape index (κ1) is 31.8. The third-order valence-corrected chi connectivity index (χ3v) is 9.59. The maximum absolute atomic E-state index is 14.1. The molecule has 0 aromatic heterocycles. The summed E-state index contributed by atoms with van der Waals surface area (Å²) >= 11 is 0. The van der Waals surface area contributed by atoms with Gasteiger partial charge in [-0.3, -0.25) is 9.59 Å². The van der Waals surface area contributed by atoms with Crippen molar-refractivity contribution in [3.05, 3.63) is 105 Å².